The number of ketones is 1. The lowest BCUT2D eigenvalue weighted by Gasteiger charge is -2.23. The minimum atomic E-state index is -0.577. The fourth-order valence-electron chi connectivity index (χ4n) is 2.98. The van der Waals surface area contributed by atoms with E-state index in [1.165, 1.54) is 0 Å². The number of thioether (sulfide) groups is 1. The Balaban J connectivity index is 2.29. The molecule has 0 fully saturated rings. The van der Waals surface area contributed by atoms with Gasteiger partial charge in [-0.05, 0) is 54.5 Å². The number of carbonyl (C=O) groups is 2. The van der Waals surface area contributed by atoms with Crippen molar-refractivity contribution in [3.05, 3.63) is 65.7 Å². The molecule has 0 aromatic heterocycles. The summed E-state index contributed by atoms with van der Waals surface area (Å²) >= 11 is 1.61. The van der Waals surface area contributed by atoms with Gasteiger partial charge in [0.25, 0.3) is 0 Å². The molecule has 148 valence electrons. The Morgan fingerprint density at radius 3 is 2.14 bits per heavy atom. The normalized spacial score (nSPS) is 13.1. The fourth-order valence-corrected chi connectivity index (χ4v) is 3.39. The number of benzene rings is 2. The molecule has 0 aliphatic rings. The Morgan fingerprint density at radius 1 is 1.00 bits per heavy atom. The first-order chi connectivity index (χ1) is 13.2. The van der Waals surface area contributed by atoms with E-state index < -0.39 is 5.97 Å². The van der Waals surface area contributed by atoms with Gasteiger partial charge in [0, 0.05) is 16.4 Å². The lowest BCUT2D eigenvalue weighted by Crippen LogP contribution is -2.26. The molecule has 0 saturated heterocycles. The number of hydrogen-bond donors (Lipinski definition) is 0. The Bertz CT molecular complexity index is 836. The molecule has 0 amide bonds. The third-order valence-corrected chi connectivity index (χ3v) is 4.95. The first kappa shape index (κ1) is 21.9. The highest BCUT2D eigenvalue weighted by Gasteiger charge is 2.26. The van der Waals surface area contributed by atoms with Crippen LogP contribution < -0.4 is 0 Å². The maximum absolute atomic E-state index is 13.1. The van der Waals surface area contributed by atoms with E-state index in [1.54, 1.807) is 48.2 Å². The molecule has 0 N–H and O–H groups in total. The Hall–Kier alpha value is -2.40. The molecule has 1 atom stereocenters. The zero-order valence-electron chi connectivity index (χ0n) is 17.1. The minimum absolute atomic E-state index is 0.00656. The minimum Gasteiger partial charge on any atom is -0.312 e. The predicted octanol–water partition coefficient (Wildman–Crippen LogP) is 5.88. The van der Waals surface area contributed by atoms with E-state index in [4.69, 9.17) is 4.84 Å². The van der Waals surface area contributed by atoms with Gasteiger partial charge in [0.2, 0.25) is 5.78 Å². The molecule has 0 aliphatic heterocycles. The highest BCUT2D eigenvalue weighted by Crippen LogP contribution is 2.26. The SMILES string of the molecule is CSc1ccc(C(=O)/C(=N/OC(=O)c2ccccc2)C(C)CC(C)(C)C)cc1. The van der Waals surface area contributed by atoms with E-state index in [2.05, 4.69) is 25.9 Å². The second-order valence-electron chi connectivity index (χ2n) is 7.94. The zero-order valence-corrected chi connectivity index (χ0v) is 17.9. The molecule has 0 heterocycles. The molecule has 2 aromatic carbocycles. The van der Waals surface area contributed by atoms with Crippen molar-refractivity contribution in [1.82, 2.24) is 0 Å². The smallest absolute Gasteiger partial charge is 0.312 e. The highest BCUT2D eigenvalue weighted by atomic mass is 32.2. The largest absolute Gasteiger partial charge is 0.365 e. The van der Waals surface area contributed by atoms with Gasteiger partial charge < -0.3 is 4.84 Å². The van der Waals surface area contributed by atoms with E-state index in [0.29, 0.717) is 11.1 Å². The van der Waals surface area contributed by atoms with E-state index in [1.807, 2.05) is 31.4 Å². The molecule has 0 aliphatic carbocycles. The second kappa shape index (κ2) is 9.69. The first-order valence-electron chi connectivity index (χ1n) is 9.24. The van der Waals surface area contributed by atoms with Crippen LogP contribution in [0.3, 0.4) is 0 Å². The number of carbonyl (C=O) groups excluding carboxylic acids is 2. The lowest BCUT2D eigenvalue weighted by molar-refractivity contribution is 0.0513. The molecule has 0 bridgehead atoms. The Kier molecular flexibility index (Phi) is 7.58. The molecule has 2 rings (SSSR count). The fraction of sp³-hybridized carbons (Fsp3) is 0.348. The van der Waals surface area contributed by atoms with Crippen LogP contribution in [0.4, 0.5) is 0 Å². The van der Waals surface area contributed by atoms with Crippen molar-refractivity contribution in [2.45, 2.75) is 39.0 Å². The van der Waals surface area contributed by atoms with Crippen LogP contribution in [-0.4, -0.2) is 23.7 Å². The summed E-state index contributed by atoms with van der Waals surface area (Å²) in [7, 11) is 0. The van der Waals surface area contributed by atoms with Gasteiger partial charge >= 0.3 is 5.97 Å². The number of Topliss-reactive ketones (excluding diaryl/α,β-unsaturated/α-hetero) is 1. The summed E-state index contributed by atoms with van der Waals surface area (Å²) in [5, 5.41) is 4.02. The van der Waals surface area contributed by atoms with Crippen LogP contribution in [0.2, 0.25) is 0 Å². The standard InChI is InChI=1S/C23H27NO3S/c1-16(15-23(2,3)4)20(21(25)17-11-13-19(28-5)14-12-17)24-27-22(26)18-9-7-6-8-10-18/h6-14,16H,15H2,1-5H3/b24-20+. The van der Waals surface area contributed by atoms with Crippen molar-refractivity contribution in [3.8, 4) is 0 Å². The Morgan fingerprint density at radius 2 is 1.61 bits per heavy atom. The van der Waals surface area contributed by atoms with Gasteiger partial charge in [-0.1, -0.05) is 51.0 Å². The van der Waals surface area contributed by atoms with Crippen molar-refractivity contribution in [2.75, 3.05) is 6.26 Å². The van der Waals surface area contributed by atoms with Crippen molar-refractivity contribution in [1.29, 1.82) is 0 Å². The van der Waals surface area contributed by atoms with Crippen molar-refractivity contribution >= 4 is 29.2 Å². The first-order valence-corrected chi connectivity index (χ1v) is 10.5. The van der Waals surface area contributed by atoms with E-state index in [9.17, 15) is 9.59 Å². The van der Waals surface area contributed by atoms with Gasteiger partial charge in [-0.15, -0.1) is 11.8 Å². The van der Waals surface area contributed by atoms with Gasteiger partial charge in [-0.2, -0.15) is 0 Å². The van der Waals surface area contributed by atoms with Crippen molar-refractivity contribution < 1.29 is 14.4 Å². The van der Waals surface area contributed by atoms with Gasteiger partial charge in [-0.3, -0.25) is 4.79 Å². The third kappa shape index (κ3) is 6.34. The third-order valence-electron chi connectivity index (χ3n) is 4.21. The van der Waals surface area contributed by atoms with Crippen LogP contribution >= 0.6 is 11.8 Å². The molecular weight excluding hydrogens is 370 g/mol. The summed E-state index contributed by atoms with van der Waals surface area (Å²) in [5.74, 6) is -0.951. The molecular formula is C23H27NO3S. The Labute approximate surface area is 171 Å². The topological polar surface area (TPSA) is 55.7 Å². The summed E-state index contributed by atoms with van der Waals surface area (Å²) in [4.78, 5) is 31.6. The summed E-state index contributed by atoms with van der Waals surface area (Å²) in [5.41, 5.74) is 1.20. The van der Waals surface area contributed by atoms with Gasteiger partial charge in [0.15, 0.2) is 0 Å². The maximum Gasteiger partial charge on any atom is 0.365 e. The van der Waals surface area contributed by atoms with Crippen LogP contribution in [0.25, 0.3) is 0 Å². The average Bonchev–Trinajstić information content (AvgIpc) is 2.67. The van der Waals surface area contributed by atoms with Gasteiger partial charge in [0.05, 0.1) is 5.56 Å². The van der Waals surface area contributed by atoms with Crippen molar-refractivity contribution in [3.63, 3.8) is 0 Å². The lowest BCUT2D eigenvalue weighted by atomic mass is 9.82. The van der Waals surface area contributed by atoms with Crippen molar-refractivity contribution in [2.24, 2.45) is 16.5 Å². The van der Waals surface area contributed by atoms with E-state index in [0.717, 1.165) is 11.3 Å². The maximum atomic E-state index is 13.1. The van der Waals surface area contributed by atoms with Crippen LogP contribution in [0, 0.1) is 11.3 Å². The number of nitrogens with zero attached hydrogens (tertiary/aromatic N) is 1. The van der Waals surface area contributed by atoms with Gasteiger partial charge in [0.1, 0.15) is 5.71 Å². The summed E-state index contributed by atoms with van der Waals surface area (Å²) in [6.45, 7) is 8.26. The second-order valence-corrected chi connectivity index (χ2v) is 8.82. The molecule has 1 unspecified atom stereocenters. The molecule has 0 radical (unpaired) electrons. The van der Waals surface area contributed by atoms with E-state index in [-0.39, 0.29) is 22.8 Å². The number of hydrogen-bond acceptors (Lipinski definition) is 5. The summed E-state index contributed by atoms with van der Waals surface area (Å²) < 4.78 is 0. The molecule has 5 heteroatoms. The molecule has 0 spiro atoms. The quantitative estimate of drug-likeness (QED) is 0.193. The highest BCUT2D eigenvalue weighted by molar-refractivity contribution is 7.98. The van der Waals surface area contributed by atoms with Crippen LogP contribution in [-0.2, 0) is 4.84 Å². The van der Waals surface area contributed by atoms with Gasteiger partial charge in [-0.25, -0.2) is 4.79 Å². The molecule has 2 aromatic rings. The monoisotopic (exact) mass is 397 g/mol. The van der Waals surface area contributed by atoms with Crippen LogP contribution in [0.1, 0.15) is 54.8 Å². The molecule has 28 heavy (non-hydrogen) atoms. The number of oxime groups is 1. The predicted molar refractivity (Wildman–Crippen MR) is 115 cm³/mol. The van der Waals surface area contributed by atoms with Crippen LogP contribution in [0.5, 0.6) is 0 Å². The molecule has 0 saturated carbocycles. The molecule has 4 nitrogen and oxygen atoms in total. The summed E-state index contributed by atoms with van der Waals surface area (Å²) in [6.07, 6.45) is 2.72. The summed E-state index contributed by atoms with van der Waals surface area (Å²) in [6, 6.07) is 16.0. The van der Waals surface area contributed by atoms with Crippen LogP contribution in [0.15, 0.2) is 64.6 Å². The zero-order chi connectivity index (χ0) is 20.7. The number of rotatable bonds is 7. The van der Waals surface area contributed by atoms with E-state index >= 15 is 0 Å². The average molecular weight is 398 g/mol.